The van der Waals surface area contributed by atoms with Gasteiger partial charge in [0, 0.05) is 5.69 Å². The zero-order valence-corrected chi connectivity index (χ0v) is 8.95. The van der Waals surface area contributed by atoms with Gasteiger partial charge in [-0.05, 0) is 30.4 Å². The molecule has 0 radical (unpaired) electrons. The summed E-state index contributed by atoms with van der Waals surface area (Å²) in [6.07, 6.45) is 0.436. The summed E-state index contributed by atoms with van der Waals surface area (Å²) < 4.78 is 12.8. The van der Waals surface area contributed by atoms with Gasteiger partial charge in [-0.3, -0.25) is 15.6 Å². The normalized spacial score (nSPS) is 9.20. The fourth-order valence-corrected chi connectivity index (χ4v) is 1.19. The van der Waals surface area contributed by atoms with Crippen LogP contribution in [0.25, 0.3) is 0 Å². The highest BCUT2D eigenvalue weighted by Crippen LogP contribution is 2.18. The van der Waals surface area contributed by atoms with E-state index in [2.05, 4.69) is 16.2 Å². The first-order valence-electron chi connectivity index (χ1n) is 3.84. The van der Waals surface area contributed by atoms with Crippen molar-refractivity contribution in [2.45, 2.75) is 0 Å². The van der Waals surface area contributed by atoms with Crippen molar-refractivity contribution < 1.29 is 9.18 Å². The van der Waals surface area contributed by atoms with Gasteiger partial charge in [0.2, 0.25) is 6.41 Å². The summed E-state index contributed by atoms with van der Waals surface area (Å²) in [5.41, 5.74) is 5.05. The molecular formula is C8H7ClFN3OS. The van der Waals surface area contributed by atoms with Gasteiger partial charge in [-0.15, -0.1) is 0 Å². The van der Waals surface area contributed by atoms with E-state index in [-0.39, 0.29) is 10.1 Å². The van der Waals surface area contributed by atoms with Crippen LogP contribution in [0.15, 0.2) is 18.2 Å². The van der Waals surface area contributed by atoms with Gasteiger partial charge in [-0.25, -0.2) is 4.39 Å². The Morgan fingerprint density at radius 2 is 2.27 bits per heavy atom. The molecule has 1 aromatic carbocycles. The largest absolute Gasteiger partial charge is 0.331 e. The first kappa shape index (κ1) is 11.7. The molecule has 0 aromatic heterocycles. The number of carbonyl (C=O) groups excluding carboxylic acids is 1. The van der Waals surface area contributed by atoms with Crippen molar-refractivity contribution in [2.24, 2.45) is 0 Å². The highest BCUT2D eigenvalue weighted by Gasteiger charge is 2.01. The van der Waals surface area contributed by atoms with Crippen LogP contribution in [0, 0.1) is 5.82 Å². The number of hydrogen-bond donors (Lipinski definition) is 3. The molecule has 15 heavy (non-hydrogen) atoms. The summed E-state index contributed by atoms with van der Waals surface area (Å²) in [4.78, 5) is 9.93. The molecule has 80 valence electrons. The molecule has 0 aliphatic heterocycles. The van der Waals surface area contributed by atoms with E-state index in [4.69, 9.17) is 23.8 Å². The first-order valence-corrected chi connectivity index (χ1v) is 4.63. The van der Waals surface area contributed by atoms with Crippen molar-refractivity contribution in [3.63, 3.8) is 0 Å². The van der Waals surface area contributed by atoms with Gasteiger partial charge in [0.05, 0.1) is 5.02 Å². The number of anilines is 1. The third kappa shape index (κ3) is 3.69. The number of rotatable bonds is 3. The molecule has 7 heteroatoms. The van der Waals surface area contributed by atoms with Crippen LogP contribution < -0.4 is 16.2 Å². The van der Waals surface area contributed by atoms with E-state index in [0.29, 0.717) is 12.1 Å². The maximum Gasteiger partial charge on any atom is 0.225 e. The number of hydrazine groups is 1. The zero-order valence-electron chi connectivity index (χ0n) is 7.38. The van der Waals surface area contributed by atoms with Crippen molar-refractivity contribution in [3.8, 4) is 0 Å². The van der Waals surface area contributed by atoms with Crippen LogP contribution in [0.3, 0.4) is 0 Å². The Kier molecular flexibility index (Phi) is 4.26. The second kappa shape index (κ2) is 5.47. The van der Waals surface area contributed by atoms with Crippen LogP contribution in [0.1, 0.15) is 0 Å². The predicted octanol–water partition coefficient (Wildman–Crippen LogP) is 1.43. The third-order valence-electron chi connectivity index (χ3n) is 1.42. The quantitative estimate of drug-likeness (QED) is 0.430. The summed E-state index contributed by atoms with van der Waals surface area (Å²) in [7, 11) is 0. The molecule has 0 heterocycles. The van der Waals surface area contributed by atoms with Crippen LogP contribution in [-0.4, -0.2) is 11.5 Å². The lowest BCUT2D eigenvalue weighted by atomic mass is 10.3. The average molecular weight is 248 g/mol. The number of hydrogen-bond acceptors (Lipinski definition) is 2. The Balaban J connectivity index is 2.60. The third-order valence-corrected chi connectivity index (χ3v) is 1.92. The van der Waals surface area contributed by atoms with E-state index in [9.17, 15) is 9.18 Å². The van der Waals surface area contributed by atoms with Gasteiger partial charge in [0.15, 0.2) is 5.11 Å². The molecule has 1 rings (SSSR count). The molecule has 0 atom stereocenters. The minimum atomic E-state index is -0.507. The van der Waals surface area contributed by atoms with E-state index >= 15 is 0 Å². The van der Waals surface area contributed by atoms with Crippen LogP contribution in [0.4, 0.5) is 10.1 Å². The standard InChI is InChI=1S/C8H7ClFN3OS/c9-6-3-5(1-2-7(6)10)12-8(15)13-11-4-14/h1-4H,(H,11,14)(H2,12,13,15). The molecule has 1 amide bonds. The summed E-state index contributed by atoms with van der Waals surface area (Å²) in [6, 6.07) is 4.06. The molecule has 0 saturated carbocycles. The Labute approximate surface area is 95.8 Å². The minimum absolute atomic E-state index is 0.00820. The summed E-state index contributed by atoms with van der Waals surface area (Å²) >= 11 is 10.3. The number of benzene rings is 1. The molecule has 3 N–H and O–H groups in total. The molecule has 0 unspecified atom stereocenters. The van der Waals surface area contributed by atoms with Gasteiger partial charge in [0.1, 0.15) is 5.82 Å². The van der Waals surface area contributed by atoms with Crippen LogP contribution >= 0.6 is 23.8 Å². The summed E-state index contributed by atoms with van der Waals surface area (Å²) in [6.45, 7) is 0. The molecule has 0 fully saturated rings. The SMILES string of the molecule is O=CNNC(=S)Nc1ccc(F)c(Cl)c1. The predicted molar refractivity (Wildman–Crippen MR) is 60.0 cm³/mol. The van der Waals surface area contributed by atoms with E-state index in [0.717, 1.165) is 0 Å². The Bertz CT molecular complexity index is 388. The van der Waals surface area contributed by atoms with Crippen LogP contribution in [-0.2, 0) is 4.79 Å². The Morgan fingerprint density at radius 3 is 2.87 bits per heavy atom. The van der Waals surface area contributed by atoms with Gasteiger partial charge >= 0.3 is 0 Å². The van der Waals surface area contributed by atoms with Crippen molar-refractivity contribution in [3.05, 3.63) is 29.0 Å². The fourth-order valence-electron chi connectivity index (χ4n) is 0.831. The van der Waals surface area contributed by atoms with E-state index in [1.54, 1.807) is 0 Å². The van der Waals surface area contributed by atoms with Gasteiger partial charge in [-0.2, -0.15) is 0 Å². The zero-order chi connectivity index (χ0) is 11.3. The molecule has 1 aromatic rings. The molecule has 0 bridgehead atoms. The van der Waals surface area contributed by atoms with Crippen LogP contribution in [0.5, 0.6) is 0 Å². The molecule has 0 spiro atoms. The second-order valence-electron chi connectivity index (χ2n) is 2.47. The smallest absolute Gasteiger partial charge is 0.225 e. The highest BCUT2D eigenvalue weighted by atomic mass is 35.5. The van der Waals surface area contributed by atoms with Gasteiger partial charge < -0.3 is 5.32 Å². The molecular weight excluding hydrogens is 241 g/mol. The van der Waals surface area contributed by atoms with E-state index in [1.165, 1.54) is 18.2 Å². The highest BCUT2D eigenvalue weighted by molar-refractivity contribution is 7.80. The second-order valence-corrected chi connectivity index (χ2v) is 3.29. The van der Waals surface area contributed by atoms with Gasteiger partial charge in [-0.1, -0.05) is 11.6 Å². The van der Waals surface area contributed by atoms with Gasteiger partial charge in [0.25, 0.3) is 0 Å². The van der Waals surface area contributed by atoms with E-state index < -0.39 is 5.82 Å². The van der Waals surface area contributed by atoms with E-state index in [1.807, 2.05) is 0 Å². The Morgan fingerprint density at radius 1 is 1.53 bits per heavy atom. The van der Waals surface area contributed by atoms with Crippen molar-refractivity contribution in [1.29, 1.82) is 0 Å². The summed E-state index contributed by atoms with van der Waals surface area (Å²) in [5.74, 6) is -0.507. The number of carbonyl (C=O) groups is 1. The number of nitrogens with one attached hydrogen (secondary N) is 3. The number of amides is 1. The number of halogens is 2. The Hall–Kier alpha value is -1.40. The maximum absolute atomic E-state index is 12.8. The number of thiocarbonyl (C=S) groups is 1. The average Bonchev–Trinajstić information content (AvgIpc) is 2.20. The lowest BCUT2D eigenvalue weighted by Gasteiger charge is -2.09. The minimum Gasteiger partial charge on any atom is -0.331 e. The van der Waals surface area contributed by atoms with Crippen LogP contribution in [0.2, 0.25) is 5.02 Å². The van der Waals surface area contributed by atoms with Crippen molar-refractivity contribution in [1.82, 2.24) is 10.9 Å². The molecule has 0 aliphatic rings. The topological polar surface area (TPSA) is 53.2 Å². The van der Waals surface area contributed by atoms with Crippen molar-refractivity contribution in [2.75, 3.05) is 5.32 Å². The van der Waals surface area contributed by atoms with Crippen molar-refractivity contribution >= 4 is 41.0 Å². The maximum atomic E-state index is 12.8. The first-order chi connectivity index (χ1) is 7.13. The lowest BCUT2D eigenvalue weighted by molar-refractivity contribution is -0.110. The molecule has 0 aliphatic carbocycles. The fraction of sp³-hybridized carbons (Fsp3) is 0. The lowest BCUT2D eigenvalue weighted by Crippen LogP contribution is -2.39. The molecule has 4 nitrogen and oxygen atoms in total. The molecule has 0 saturated heterocycles. The monoisotopic (exact) mass is 247 g/mol. The summed E-state index contributed by atoms with van der Waals surface area (Å²) in [5, 5.41) is 2.86.